The molecule has 0 spiro atoms. The fraction of sp³-hybridized carbons (Fsp3) is 0.0625. The number of nitrogens with one attached hydrogen (secondary N) is 1. The van der Waals surface area contributed by atoms with Crippen molar-refractivity contribution in [1.29, 1.82) is 0 Å². The van der Waals surface area contributed by atoms with E-state index in [1.54, 1.807) is 12.1 Å². The summed E-state index contributed by atoms with van der Waals surface area (Å²) >= 11 is 0. The number of nitrogens with zero attached hydrogens (tertiary/aromatic N) is 2. The lowest BCUT2D eigenvalue weighted by Crippen LogP contribution is -2.14. The summed E-state index contributed by atoms with van der Waals surface area (Å²) in [6, 6.07) is 14.6. The summed E-state index contributed by atoms with van der Waals surface area (Å²) in [6.45, 7) is 0.712. The summed E-state index contributed by atoms with van der Waals surface area (Å²) < 4.78 is 15.1. The van der Waals surface area contributed by atoms with E-state index in [4.69, 9.17) is 0 Å². The van der Waals surface area contributed by atoms with Crippen molar-refractivity contribution in [2.45, 2.75) is 6.54 Å². The molecule has 1 aromatic heterocycles. The molecule has 4 heteroatoms. The van der Waals surface area contributed by atoms with Gasteiger partial charge in [-0.25, -0.2) is 9.37 Å². The van der Waals surface area contributed by atoms with Crippen LogP contribution in [-0.4, -0.2) is 9.55 Å². The van der Waals surface area contributed by atoms with Gasteiger partial charge in [-0.15, -0.1) is 0 Å². The number of para-hydroxylation sites is 2. The zero-order valence-electron chi connectivity index (χ0n) is 10.7. The minimum absolute atomic E-state index is 0.231. The second-order valence-corrected chi connectivity index (χ2v) is 4.79. The summed E-state index contributed by atoms with van der Waals surface area (Å²) in [5, 5.41) is 3.39. The van der Waals surface area contributed by atoms with Crippen LogP contribution in [0.4, 0.5) is 10.1 Å². The molecule has 20 heavy (non-hydrogen) atoms. The third-order valence-electron chi connectivity index (χ3n) is 3.59. The van der Waals surface area contributed by atoms with Gasteiger partial charge in [-0.3, -0.25) is 4.57 Å². The fourth-order valence-electron chi connectivity index (χ4n) is 2.61. The van der Waals surface area contributed by atoms with Crippen molar-refractivity contribution in [2.75, 3.05) is 5.32 Å². The molecule has 98 valence electrons. The van der Waals surface area contributed by atoms with E-state index in [-0.39, 0.29) is 5.82 Å². The van der Waals surface area contributed by atoms with Gasteiger partial charge in [0.25, 0.3) is 0 Å². The zero-order chi connectivity index (χ0) is 13.5. The number of anilines is 1. The minimum Gasteiger partial charge on any atom is -0.378 e. The Balaban J connectivity index is 1.87. The second kappa shape index (κ2) is 4.20. The molecule has 0 fully saturated rings. The molecular weight excluding hydrogens is 253 g/mol. The molecule has 0 bridgehead atoms. The van der Waals surface area contributed by atoms with Crippen molar-refractivity contribution in [3.8, 4) is 16.9 Å². The minimum atomic E-state index is -0.231. The van der Waals surface area contributed by atoms with Crippen LogP contribution in [0.3, 0.4) is 0 Å². The largest absolute Gasteiger partial charge is 0.378 e. The lowest BCUT2D eigenvalue weighted by Gasteiger charge is -2.21. The highest BCUT2D eigenvalue weighted by Crippen LogP contribution is 2.32. The number of hydrogen-bond acceptors (Lipinski definition) is 2. The Morgan fingerprint density at radius 2 is 1.85 bits per heavy atom. The maximum absolute atomic E-state index is 13.0. The van der Waals surface area contributed by atoms with Crippen molar-refractivity contribution in [3.63, 3.8) is 0 Å². The first-order valence-corrected chi connectivity index (χ1v) is 6.48. The fourth-order valence-corrected chi connectivity index (χ4v) is 2.61. The van der Waals surface area contributed by atoms with Gasteiger partial charge in [0.15, 0.2) is 0 Å². The van der Waals surface area contributed by atoms with Crippen LogP contribution in [-0.2, 0) is 6.54 Å². The first-order chi connectivity index (χ1) is 9.83. The van der Waals surface area contributed by atoms with Crippen molar-refractivity contribution in [1.82, 2.24) is 9.55 Å². The van der Waals surface area contributed by atoms with Gasteiger partial charge in [0.1, 0.15) is 12.1 Å². The highest BCUT2D eigenvalue weighted by atomic mass is 19.1. The molecular formula is C16H12FN3. The van der Waals surface area contributed by atoms with E-state index < -0.39 is 0 Å². The number of halogens is 1. The quantitative estimate of drug-likeness (QED) is 0.728. The van der Waals surface area contributed by atoms with Crippen LogP contribution in [0, 0.1) is 5.82 Å². The SMILES string of the molecule is Fc1ccc(-c2ncn3c2CNc2ccccc2-3)cc1. The summed E-state index contributed by atoms with van der Waals surface area (Å²) in [5.41, 5.74) is 5.11. The maximum atomic E-state index is 13.0. The van der Waals surface area contributed by atoms with Gasteiger partial charge >= 0.3 is 0 Å². The number of imidazole rings is 1. The van der Waals surface area contributed by atoms with E-state index in [0.29, 0.717) is 6.54 Å². The molecule has 3 nitrogen and oxygen atoms in total. The summed E-state index contributed by atoms with van der Waals surface area (Å²) in [6.07, 6.45) is 1.83. The van der Waals surface area contributed by atoms with Gasteiger partial charge in [-0.1, -0.05) is 12.1 Å². The maximum Gasteiger partial charge on any atom is 0.123 e. The van der Waals surface area contributed by atoms with Crippen LogP contribution in [0.25, 0.3) is 16.9 Å². The third-order valence-corrected chi connectivity index (χ3v) is 3.59. The number of rotatable bonds is 1. The molecule has 1 N–H and O–H groups in total. The molecule has 0 atom stereocenters. The number of aromatic nitrogens is 2. The van der Waals surface area contributed by atoms with Gasteiger partial charge in [0, 0.05) is 5.56 Å². The third kappa shape index (κ3) is 1.61. The lowest BCUT2D eigenvalue weighted by molar-refractivity contribution is 0.628. The molecule has 2 aromatic carbocycles. The normalized spacial score (nSPS) is 12.4. The highest BCUT2D eigenvalue weighted by Gasteiger charge is 2.19. The van der Waals surface area contributed by atoms with Gasteiger partial charge in [-0.05, 0) is 36.4 Å². The first kappa shape index (κ1) is 11.2. The van der Waals surface area contributed by atoms with Gasteiger partial charge in [0.2, 0.25) is 0 Å². The van der Waals surface area contributed by atoms with Crippen LogP contribution >= 0.6 is 0 Å². The van der Waals surface area contributed by atoms with E-state index in [1.165, 1.54) is 12.1 Å². The van der Waals surface area contributed by atoms with Crippen LogP contribution < -0.4 is 5.32 Å². The summed E-state index contributed by atoms with van der Waals surface area (Å²) in [4.78, 5) is 4.50. The summed E-state index contributed by atoms with van der Waals surface area (Å²) in [7, 11) is 0. The van der Waals surface area contributed by atoms with Crippen LogP contribution in [0.2, 0.25) is 0 Å². The van der Waals surface area contributed by atoms with E-state index >= 15 is 0 Å². The Hall–Kier alpha value is -2.62. The molecule has 0 amide bonds. The Bertz CT molecular complexity index is 775. The van der Waals surface area contributed by atoms with Crippen molar-refractivity contribution < 1.29 is 4.39 Å². The molecule has 0 saturated carbocycles. The number of benzene rings is 2. The number of fused-ring (bicyclic) bond motifs is 3. The number of hydrogen-bond donors (Lipinski definition) is 1. The monoisotopic (exact) mass is 265 g/mol. The molecule has 0 saturated heterocycles. The molecule has 1 aliphatic heterocycles. The lowest BCUT2D eigenvalue weighted by atomic mass is 10.1. The molecule has 0 radical (unpaired) electrons. The average molecular weight is 265 g/mol. The van der Waals surface area contributed by atoms with E-state index in [2.05, 4.69) is 27.0 Å². The highest BCUT2D eigenvalue weighted by molar-refractivity contribution is 5.70. The van der Waals surface area contributed by atoms with E-state index in [0.717, 1.165) is 28.3 Å². The van der Waals surface area contributed by atoms with Crippen molar-refractivity contribution in [3.05, 3.63) is 66.4 Å². The first-order valence-electron chi connectivity index (χ1n) is 6.48. The predicted molar refractivity (Wildman–Crippen MR) is 76.3 cm³/mol. The summed E-state index contributed by atoms with van der Waals surface area (Å²) in [5.74, 6) is -0.231. The Morgan fingerprint density at radius 3 is 2.70 bits per heavy atom. The Kier molecular flexibility index (Phi) is 2.36. The second-order valence-electron chi connectivity index (χ2n) is 4.79. The van der Waals surface area contributed by atoms with Gasteiger partial charge in [0.05, 0.1) is 29.3 Å². The smallest absolute Gasteiger partial charge is 0.123 e. The van der Waals surface area contributed by atoms with Crippen LogP contribution in [0.5, 0.6) is 0 Å². The van der Waals surface area contributed by atoms with Gasteiger partial charge < -0.3 is 5.32 Å². The van der Waals surface area contributed by atoms with E-state index in [9.17, 15) is 4.39 Å². The van der Waals surface area contributed by atoms with Crippen molar-refractivity contribution >= 4 is 5.69 Å². The topological polar surface area (TPSA) is 29.9 Å². The molecule has 4 rings (SSSR count). The molecule has 0 unspecified atom stereocenters. The molecule has 0 aliphatic carbocycles. The van der Waals surface area contributed by atoms with Gasteiger partial charge in [-0.2, -0.15) is 0 Å². The molecule has 2 heterocycles. The van der Waals surface area contributed by atoms with E-state index in [1.807, 2.05) is 18.5 Å². The zero-order valence-corrected chi connectivity index (χ0v) is 10.7. The van der Waals surface area contributed by atoms with Crippen molar-refractivity contribution in [2.24, 2.45) is 0 Å². The molecule has 3 aromatic rings. The van der Waals surface area contributed by atoms with Crippen LogP contribution in [0.15, 0.2) is 54.9 Å². The molecule has 1 aliphatic rings. The average Bonchev–Trinajstić information content (AvgIpc) is 2.92. The predicted octanol–water partition coefficient (Wildman–Crippen LogP) is 3.60. The Labute approximate surface area is 115 Å². The van der Waals surface area contributed by atoms with Crippen LogP contribution in [0.1, 0.15) is 5.69 Å². The standard InChI is InChI=1S/C16H12FN3/c17-12-7-5-11(6-8-12)16-15-9-18-13-3-1-2-4-14(13)20(15)10-19-16/h1-8,10,18H,9H2. The Morgan fingerprint density at radius 1 is 1.05 bits per heavy atom.